The lowest BCUT2D eigenvalue weighted by Gasteiger charge is -2.34. The molecule has 0 saturated carbocycles. The van der Waals surface area contributed by atoms with E-state index in [0.29, 0.717) is 25.3 Å². The van der Waals surface area contributed by atoms with Crippen LogP contribution in [0.2, 0.25) is 0 Å². The fraction of sp³-hybridized carbons (Fsp3) is 0.278. The Hall–Kier alpha value is -4.77. The highest BCUT2D eigenvalue weighted by Crippen LogP contribution is 2.27. The Bertz CT molecular complexity index is 1720. The first-order valence-electron chi connectivity index (χ1n) is 15.5. The van der Waals surface area contributed by atoms with Crippen LogP contribution in [0.15, 0.2) is 108 Å². The standard InChI is InChI=1S/C36H39F2N3O5S/c1-3-5-23-39-36(43)34(24-27-11-7-6-8-12-27)40(25-28-13-9-10-14-33(28)38)35(42)26-41(30-17-19-31(20-18-30)46-4-2)47(44,45)32-21-15-29(37)16-22-32/h6-22,34H,3-5,23-26H2,1-2H3,(H,39,43)/t34-/m0/s1. The van der Waals surface area contributed by atoms with Gasteiger partial charge in [0.2, 0.25) is 11.8 Å². The number of nitrogens with one attached hydrogen (secondary N) is 1. The fourth-order valence-electron chi connectivity index (χ4n) is 5.01. The Morgan fingerprint density at radius 1 is 0.851 bits per heavy atom. The number of ether oxygens (including phenoxy) is 1. The Morgan fingerprint density at radius 2 is 1.51 bits per heavy atom. The third kappa shape index (κ3) is 9.38. The Morgan fingerprint density at radius 3 is 2.15 bits per heavy atom. The molecule has 1 N–H and O–H groups in total. The third-order valence-corrected chi connectivity index (χ3v) is 9.30. The van der Waals surface area contributed by atoms with Crippen molar-refractivity contribution in [1.82, 2.24) is 10.2 Å². The van der Waals surface area contributed by atoms with Gasteiger partial charge in [-0.05, 0) is 73.5 Å². The molecule has 0 radical (unpaired) electrons. The molecule has 0 heterocycles. The van der Waals surface area contributed by atoms with E-state index in [1.54, 1.807) is 18.2 Å². The summed E-state index contributed by atoms with van der Waals surface area (Å²) in [6.45, 7) is 3.54. The molecule has 0 aliphatic heterocycles. The van der Waals surface area contributed by atoms with Crippen molar-refractivity contribution in [3.05, 3.63) is 126 Å². The second kappa shape index (κ2) is 16.7. The molecule has 0 spiro atoms. The van der Waals surface area contributed by atoms with Crippen molar-refractivity contribution in [2.75, 3.05) is 24.0 Å². The summed E-state index contributed by atoms with van der Waals surface area (Å²) in [5.74, 6) is -1.88. The predicted octanol–water partition coefficient (Wildman–Crippen LogP) is 6.12. The van der Waals surface area contributed by atoms with E-state index in [1.165, 1.54) is 35.2 Å². The number of unbranched alkanes of at least 4 members (excludes halogenated alkanes) is 1. The first-order valence-corrected chi connectivity index (χ1v) is 16.9. The van der Waals surface area contributed by atoms with Crippen molar-refractivity contribution >= 4 is 27.5 Å². The van der Waals surface area contributed by atoms with E-state index in [2.05, 4.69) is 5.32 Å². The normalized spacial score (nSPS) is 11.8. The van der Waals surface area contributed by atoms with E-state index in [-0.39, 0.29) is 29.1 Å². The van der Waals surface area contributed by atoms with Gasteiger partial charge in [0, 0.05) is 25.1 Å². The van der Waals surface area contributed by atoms with Gasteiger partial charge in [0.15, 0.2) is 0 Å². The lowest BCUT2D eigenvalue weighted by molar-refractivity contribution is -0.140. The summed E-state index contributed by atoms with van der Waals surface area (Å²) in [6, 6.07) is 24.4. The number of amides is 2. The van der Waals surface area contributed by atoms with Crippen LogP contribution >= 0.6 is 0 Å². The number of carbonyl (C=O) groups is 2. The van der Waals surface area contributed by atoms with Crippen molar-refractivity contribution in [1.29, 1.82) is 0 Å². The van der Waals surface area contributed by atoms with Crippen LogP contribution in [-0.2, 0) is 32.6 Å². The van der Waals surface area contributed by atoms with Gasteiger partial charge in [0.25, 0.3) is 10.0 Å². The van der Waals surface area contributed by atoms with Gasteiger partial charge in [0.1, 0.15) is 30.0 Å². The minimum Gasteiger partial charge on any atom is -0.494 e. The molecule has 0 fully saturated rings. The van der Waals surface area contributed by atoms with E-state index < -0.39 is 46.1 Å². The Labute approximate surface area is 275 Å². The van der Waals surface area contributed by atoms with Gasteiger partial charge >= 0.3 is 0 Å². The first kappa shape index (κ1) is 35.1. The van der Waals surface area contributed by atoms with Crippen LogP contribution in [0.4, 0.5) is 14.5 Å². The van der Waals surface area contributed by atoms with Crippen LogP contribution in [0.3, 0.4) is 0 Å². The highest BCUT2D eigenvalue weighted by molar-refractivity contribution is 7.92. The number of benzene rings is 4. The second-order valence-corrected chi connectivity index (χ2v) is 12.7. The topological polar surface area (TPSA) is 96.0 Å². The molecule has 8 nitrogen and oxygen atoms in total. The van der Waals surface area contributed by atoms with Crippen molar-refractivity contribution < 1.29 is 31.5 Å². The Kier molecular flexibility index (Phi) is 12.5. The zero-order valence-electron chi connectivity index (χ0n) is 26.4. The van der Waals surface area contributed by atoms with Crippen LogP contribution in [0, 0.1) is 11.6 Å². The lowest BCUT2D eigenvalue weighted by atomic mass is 10.0. The van der Waals surface area contributed by atoms with Crippen molar-refractivity contribution in [2.45, 2.75) is 50.6 Å². The first-order chi connectivity index (χ1) is 22.6. The maximum absolute atomic E-state index is 15.0. The molecular formula is C36H39F2N3O5S. The summed E-state index contributed by atoms with van der Waals surface area (Å²) in [6.07, 6.45) is 1.65. The number of hydrogen-bond donors (Lipinski definition) is 1. The SMILES string of the molecule is CCCCNC(=O)[C@H](Cc1ccccc1)N(Cc1ccccc1F)C(=O)CN(c1ccc(OCC)cc1)S(=O)(=O)c1ccc(F)cc1. The molecule has 0 saturated heterocycles. The molecule has 0 aromatic heterocycles. The average molecular weight is 664 g/mol. The van der Waals surface area contributed by atoms with E-state index >= 15 is 4.39 Å². The second-order valence-electron chi connectivity index (χ2n) is 10.9. The van der Waals surface area contributed by atoms with Gasteiger partial charge in [-0.25, -0.2) is 17.2 Å². The van der Waals surface area contributed by atoms with Crippen LogP contribution in [0.25, 0.3) is 0 Å². The molecule has 4 rings (SSSR count). The van der Waals surface area contributed by atoms with Crippen LogP contribution < -0.4 is 14.4 Å². The molecule has 0 aliphatic rings. The largest absolute Gasteiger partial charge is 0.494 e. The monoisotopic (exact) mass is 663 g/mol. The number of sulfonamides is 1. The number of carbonyl (C=O) groups excluding carboxylic acids is 2. The minimum atomic E-state index is -4.42. The number of anilines is 1. The van der Waals surface area contributed by atoms with E-state index in [9.17, 15) is 22.4 Å². The fourth-order valence-corrected chi connectivity index (χ4v) is 6.42. The van der Waals surface area contributed by atoms with E-state index in [4.69, 9.17) is 4.74 Å². The quantitative estimate of drug-likeness (QED) is 0.146. The summed E-state index contributed by atoms with van der Waals surface area (Å²) in [5, 5.41) is 2.90. The smallest absolute Gasteiger partial charge is 0.264 e. The number of rotatable bonds is 16. The van der Waals surface area contributed by atoms with Crippen LogP contribution in [-0.4, -0.2) is 50.9 Å². The minimum absolute atomic E-state index is 0.104. The zero-order valence-corrected chi connectivity index (χ0v) is 27.3. The highest BCUT2D eigenvalue weighted by Gasteiger charge is 2.35. The predicted molar refractivity (Wildman–Crippen MR) is 177 cm³/mol. The van der Waals surface area contributed by atoms with E-state index in [0.717, 1.165) is 40.6 Å². The van der Waals surface area contributed by atoms with E-state index in [1.807, 2.05) is 44.2 Å². The number of halogens is 2. The van der Waals surface area contributed by atoms with Gasteiger partial charge in [-0.15, -0.1) is 0 Å². The summed E-state index contributed by atoms with van der Waals surface area (Å²) in [4.78, 5) is 29.2. The summed E-state index contributed by atoms with van der Waals surface area (Å²) in [7, 11) is -4.42. The highest BCUT2D eigenvalue weighted by atomic mass is 32.2. The molecule has 248 valence electrons. The molecule has 0 bridgehead atoms. The summed E-state index contributed by atoms with van der Waals surface area (Å²) < 4.78 is 63.3. The van der Waals surface area contributed by atoms with Crippen molar-refractivity contribution in [3.63, 3.8) is 0 Å². The maximum Gasteiger partial charge on any atom is 0.264 e. The zero-order chi connectivity index (χ0) is 33.8. The molecular weight excluding hydrogens is 624 g/mol. The molecule has 11 heteroatoms. The van der Waals surface area contributed by atoms with Gasteiger partial charge in [-0.3, -0.25) is 13.9 Å². The lowest BCUT2D eigenvalue weighted by Crippen LogP contribution is -2.53. The van der Waals surface area contributed by atoms with Crippen molar-refractivity contribution in [2.24, 2.45) is 0 Å². The molecule has 1 atom stereocenters. The number of nitrogens with zero attached hydrogens (tertiary/aromatic N) is 2. The van der Waals surface area contributed by atoms with Crippen LogP contribution in [0.5, 0.6) is 5.75 Å². The molecule has 2 amide bonds. The van der Waals surface area contributed by atoms with Gasteiger partial charge in [0.05, 0.1) is 17.2 Å². The molecule has 0 aliphatic carbocycles. The number of hydrogen-bond acceptors (Lipinski definition) is 5. The van der Waals surface area contributed by atoms with Crippen LogP contribution in [0.1, 0.15) is 37.8 Å². The average Bonchev–Trinajstić information content (AvgIpc) is 3.07. The molecule has 0 unspecified atom stereocenters. The van der Waals surface area contributed by atoms with Gasteiger partial charge in [-0.2, -0.15) is 0 Å². The molecule has 4 aromatic rings. The summed E-state index contributed by atoms with van der Waals surface area (Å²) in [5.41, 5.74) is 1.06. The van der Waals surface area contributed by atoms with Gasteiger partial charge < -0.3 is 15.0 Å². The summed E-state index contributed by atoms with van der Waals surface area (Å²) >= 11 is 0. The Balaban J connectivity index is 1.80. The molecule has 4 aromatic carbocycles. The third-order valence-electron chi connectivity index (χ3n) is 7.52. The van der Waals surface area contributed by atoms with Gasteiger partial charge in [-0.1, -0.05) is 61.9 Å². The molecule has 47 heavy (non-hydrogen) atoms. The van der Waals surface area contributed by atoms with Crippen molar-refractivity contribution in [3.8, 4) is 5.75 Å². The maximum atomic E-state index is 15.0.